The second-order valence-electron chi connectivity index (χ2n) is 8.10. The minimum absolute atomic E-state index is 0.0282. The highest BCUT2D eigenvalue weighted by Crippen LogP contribution is 2.45. The maximum Gasteiger partial charge on any atom is 0.118 e. The van der Waals surface area contributed by atoms with E-state index in [9.17, 15) is 10.2 Å². The van der Waals surface area contributed by atoms with E-state index in [1.54, 1.807) is 0 Å². The van der Waals surface area contributed by atoms with E-state index >= 15 is 0 Å². The molecule has 2 aromatic rings. The highest BCUT2D eigenvalue weighted by Gasteiger charge is 2.34. The first-order valence-corrected chi connectivity index (χ1v) is 10.8. The number of hydrogen-bond acceptors (Lipinski definition) is 2. The Morgan fingerprint density at radius 3 is 1.48 bits per heavy atom. The molecule has 2 heteroatoms. The van der Waals surface area contributed by atoms with Crippen molar-refractivity contribution in [2.75, 3.05) is 0 Å². The number of aryl methyl sites for hydroxylation is 2. The van der Waals surface area contributed by atoms with Crippen molar-refractivity contribution < 1.29 is 10.2 Å². The number of hydrogen-bond donors (Lipinski definition) is 2. The van der Waals surface area contributed by atoms with Crippen LogP contribution in [0.25, 0.3) is 0 Å². The molecule has 0 atom stereocenters. The molecule has 0 heterocycles. The number of phenols is 2. The van der Waals surface area contributed by atoms with Gasteiger partial charge < -0.3 is 10.2 Å². The van der Waals surface area contributed by atoms with Crippen LogP contribution in [-0.2, 0) is 18.3 Å². The van der Waals surface area contributed by atoms with Gasteiger partial charge in [-0.05, 0) is 60.1 Å². The summed E-state index contributed by atoms with van der Waals surface area (Å²) in [6.07, 6.45) is 11.7. The van der Waals surface area contributed by atoms with Gasteiger partial charge in [-0.15, -0.1) is 0 Å². The molecule has 0 amide bonds. The molecule has 2 nitrogen and oxygen atoms in total. The first-order chi connectivity index (χ1) is 13.1. The molecule has 0 unspecified atom stereocenters. The average molecular weight is 367 g/mol. The van der Waals surface area contributed by atoms with Gasteiger partial charge in [-0.1, -0.05) is 76.6 Å². The molecule has 0 spiro atoms. The van der Waals surface area contributed by atoms with Crippen LogP contribution in [0.5, 0.6) is 11.5 Å². The van der Waals surface area contributed by atoms with E-state index in [4.69, 9.17) is 0 Å². The Bertz CT molecular complexity index is 697. The van der Waals surface area contributed by atoms with Crippen LogP contribution in [0.2, 0.25) is 0 Å². The van der Waals surface area contributed by atoms with Crippen LogP contribution < -0.4 is 0 Å². The number of aromatic hydroxyl groups is 2. The van der Waals surface area contributed by atoms with Gasteiger partial charge in [-0.3, -0.25) is 0 Å². The van der Waals surface area contributed by atoms with Crippen LogP contribution in [0, 0.1) is 0 Å². The average Bonchev–Trinajstić information content (AvgIpc) is 2.81. The van der Waals surface area contributed by atoms with Gasteiger partial charge >= 0.3 is 0 Å². The van der Waals surface area contributed by atoms with Gasteiger partial charge in [0.1, 0.15) is 11.5 Å². The van der Waals surface area contributed by atoms with Crippen LogP contribution in [0.1, 0.15) is 87.5 Å². The lowest BCUT2D eigenvalue weighted by atomic mass is 9.67. The zero-order valence-corrected chi connectivity index (χ0v) is 16.9. The molecule has 0 bridgehead atoms. The maximum absolute atomic E-state index is 10.2. The van der Waals surface area contributed by atoms with Crippen molar-refractivity contribution in [3.63, 3.8) is 0 Å². The summed E-state index contributed by atoms with van der Waals surface area (Å²) >= 11 is 0. The van der Waals surface area contributed by atoms with Gasteiger partial charge in [0.25, 0.3) is 0 Å². The van der Waals surface area contributed by atoms with Gasteiger partial charge in [0.2, 0.25) is 0 Å². The summed E-state index contributed by atoms with van der Waals surface area (Å²) in [5.74, 6) is 0.804. The van der Waals surface area contributed by atoms with Crippen LogP contribution in [0.3, 0.4) is 0 Å². The molecule has 0 aliphatic heterocycles. The zero-order chi connectivity index (χ0) is 19.3. The molecule has 2 aromatic carbocycles. The third-order valence-corrected chi connectivity index (χ3v) is 6.48. The molecule has 146 valence electrons. The number of rotatable bonds is 4. The van der Waals surface area contributed by atoms with Gasteiger partial charge in [0.15, 0.2) is 0 Å². The Labute approximate surface area is 164 Å². The van der Waals surface area contributed by atoms with Gasteiger partial charge in [-0.25, -0.2) is 0 Å². The predicted molar refractivity (Wildman–Crippen MR) is 113 cm³/mol. The fourth-order valence-corrected chi connectivity index (χ4v) is 4.76. The van der Waals surface area contributed by atoms with E-state index < -0.39 is 0 Å². The Hall–Kier alpha value is -1.96. The van der Waals surface area contributed by atoms with Crippen LogP contribution in [0.15, 0.2) is 36.4 Å². The lowest BCUT2D eigenvalue weighted by molar-refractivity contribution is 0.409. The summed E-state index contributed by atoms with van der Waals surface area (Å²) in [4.78, 5) is 0. The van der Waals surface area contributed by atoms with Gasteiger partial charge in [-0.2, -0.15) is 0 Å². The topological polar surface area (TPSA) is 40.5 Å². The van der Waals surface area contributed by atoms with Crippen molar-refractivity contribution in [2.45, 2.75) is 83.5 Å². The predicted octanol–water partition coefficient (Wildman–Crippen LogP) is 6.64. The fraction of sp³-hybridized carbons (Fsp3) is 0.520. The van der Waals surface area contributed by atoms with Crippen molar-refractivity contribution in [2.24, 2.45) is 0 Å². The monoisotopic (exact) mass is 366 g/mol. The molecular formula is C25H34O2. The third-order valence-electron chi connectivity index (χ3n) is 6.48. The Morgan fingerprint density at radius 1 is 0.667 bits per heavy atom. The van der Waals surface area contributed by atoms with Crippen molar-refractivity contribution in [1.29, 1.82) is 0 Å². The van der Waals surface area contributed by atoms with E-state index in [0.29, 0.717) is 11.5 Å². The van der Waals surface area contributed by atoms with Crippen LogP contribution in [0.4, 0.5) is 0 Å². The summed E-state index contributed by atoms with van der Waals surface area (Å²) in [7, 11) is 0. The van der Waals surface area contributed by atoms with Crippen molar-refractivity contribution >= 4 is 0 Å². The molecule has 1 fully saturated rings. The quantitative estimate of drug-likeness (QED) is 0.636. The standard InChI is InChI=1S/C25H34O2/c1-3-19-17-21(11-13-23(19)26)25(15-9-7-5-6-8-10-16-25)22-12-14-24(27)20(4-2)18-22/h11-14,17-18,26-27H,3-10,15-16H2,1-2H3. The van der Waals surface area contributed by atoms with E-state index in [0.717, 1.165) is 36.8 Å². The Balaban J connectivity index is 2.16. The second kappa shape index (κ2) is 8.82. The van der Waals surface area contributed by atoms with E-state index in [1.807, 2.05) is 12.1 Å². The first-order valence-electron chi connectivity index (χ1n) is 10.8. The SMILES string of the molecule is CCc1cc(C2(c3ccc(O)c(CC)c3)CCCCCCCC2)ccc1O. The maximum atomic E-state index is 10.2. The van der Waals surface area contributed by atoms with E-state index in [-0.39, 0.29) is 5.41 Å². The largest absolute Gasteiger partial charge is 0.508 e. The summed E-state index contributed by atoms with van der Waals surface area (Å²) in [6, 6.07) is 12.5. The van der Waals surface area contributed by atoms with Crippen molar-refractivity contribution in [3.8, 4) is 11.5 Å². The van der Waals surface area contributed by atoms with E-state index in [2.05, 4.69) is 38.1 Å². The lowest BCUT2D eigenvalue weighted by Crippen LogP contribution is -2.28. The number of phenolic OH excluding ortho intramolecular Hbond substituents is 2. The molecular weight excluding hydrogens is 332 g/mol. The second-order valence-corrected chi connectivity index (χ2v) is 8.10. The minimum atomic E-state index is -0.0282. The van der Waals surface area contributed by atoms with Crippen molar-refractivity contribution in [1.82, 2.24) is 0 Å². The summed E-state index contributed by atoms with van der Waals surface area (Å²) < 4.78 is 0. The molecule has 2 N–H and O–H groups in total. The van der Waals surface area contributed by atoms with Crippen LogP contribution >= 0.6 is 0 Å². The zero-order valence-electron chi connectivity index (χ0n) is 16.9. The molecule has 27 heavy (non-hydrogen) atoms. The smallest absolute Gasteiger partial charge is 0.118 e. The van der Waals surface area contributed by atoms with Crippen molar-refractivity contribution in [3.05, 3.63) is 58.7 Å². The molecule has 1 saturated carbocycles. The molecule has 3 rings (SSSR count). The Kier molecular flexibility index (Phi) is 6.46. The molecule has 1 aliphatic rings. The number of benzene rings is 2. The highest BCUT2D eigenvalue weighted by molar-refractivity contribution is 5.48. The van der Waals surface area contributed by atoms with Gasteiger partial charge in [0.05, 0.1) is 0 Å². The molecule has 0 saturated heterocycles. The van der Waals surface area contributed by atoms with E-state index in [1.165, 1.54) is 49.7 Å². The molecule has 0 radical (unpaired) electrons. The summed E-state index contributed by atoms with van der Waals surface area (Å²) in [5.41, 5.74) is 4.68. The minimum Gasteiger partial charge on any atom is -0.508 e. The normalized spacial score (nSPS) is 17.7. The fourth-order valence-electron chi connectivity index (χ4n) is 4.76. The molecule has 1 aliphatic carbocycles. The summed E-state index contributed by atoms with van der Waals surface area (Å²) in [6.45, 7) is 4.20. The first kappa shape index (κ1) is 19.8. The molecule has 0 aromatic heterocycles. The highest BCUT2D eigenvalue weighted by atomic mass is 16.3. The summed E-state index contributed by atoms with van der Waals surface area (Å²) in [5, 5.41) is 20.4. The van der Waals surface area contributed by atoms with Gasteiger partial charge in [0, 0.05) is 5.41 Å². The Morgan fingerprint density at radius 2 is 1.07 bits per heavy atom. The lowest BCUT2D eigenvalue weighted by Gasteiger charge is -2.36. The third kappa shape index (κ3) is 4.15. The van der Waals surface area contributed by atoms with Crippen LogP contribution in [-0.4, -0.2) is 10.2 Å².